The minimum absolute atomic E-state index is 0.0219. The molecule has 170 valence electrons. The average Bonchev–Trinajstić information content (AvgIpc) is 3.28. The number of carbonyl (C=O) groups is 2. The molecular weight excluding hydrogens is 427 g/mol. The Morgan fingerprint density at radius 2 is 2.06 bits per heavy atom. The second-order valence-corrected chi connectivity index (χ2v) is 7.54. The van der Waals surface area contributed by atoms with Crippen LogP contribution in [0.15, 0.2) is 55.5 Å². The number of hydrogen-bond acceptors (Lipinski definition) is 7. The topological polar surface area (TPSA) is 131 Å². The van der Waals surface area contributed by atoms with Crippen molar-refractivity contribution in [3.63, 3.8) is 0 Å². The van der Waals surface area contributed by atoms with E-state index >= 15 is 0 Å². The molecule has 1 aliphatic rings. The number of nitrogens with zero attached hydrogens (tertiary/aromatic N) is 5. The summed E-state index contributed by atoms with van der Waals surface area (Å²) in [5, 5.41) is 10.2. The van der Waals surface area contributed by atoms with E-state index in [-0.39, 0.29) is 35.0 Å². The van der Waals surface area contributed by atoms with Crippen molar-refractivity contribution in [2.75, 3.05) is 23.7 Å². The number of primary amides is 1. The van der Waals surface area contributed by atoms with E-state index in [1.807, 2.05) is 0 Å². The van der Waals surface area contributed by atoms with E-state index in [9.17, 15) is 14.0 Å². The largest absolute Gasteiger partial charge is 0.365 e. The molecule has 33 heavy (non-hydrogen) atoms. The van der Waals surface area contributed by atoms with E-state index < -0.39 is 11.7 Å². The Bertz CT molecular complexity index is 1190. The van der Waals surface area contributed by atoms with Gasteiger partial charge in [-0.1, -0.05) is 18.7 Å². The first kappa shape index (κ1) is 21.9. The van der Waals surface area contributed by atoms with Crippen LogP contribution in [0.25, 0.3) is 0 Å². The van der Waals surface area contributed by atoms with Crippen molar-refractivity contribution in [3.05, 3.63) is 66.9 Å². The molecule has 11 heteroatoms. The van der Waals surface area contributed by atoms with Crippen molar-refractivity contribution in [2.24, 2.45) is 5.73 Å². The summed E-state index contributed by atoms with van der Waals surface area (Å²) < 4.78 is 15.8. The molecule has 3 heterocycles. The molecule has 1 aliphatic heterocycles. The number of carbonyl (C=O) groups excluding carboxylic acids is 2. The van der Waals surface area contributed by atoms with Gasteiger partial charge in [0, 0.05) is 25.5 Å². The molecule has 0 radical (unpaired) electrons. The third kappa shape index (κ3) is 4.97. The van der Waals surface area contributed by atoms with Crippen LogP contribution in [0.2, 0.25) is 0 Å². The highest BCUT2D eigenvalue weighted by Crippen LogP contribution is 2.25. The second kappa shape index (κ2) is 9.47. The fourth-order valence-electron chi connectivity index (χ4n) is 3.64. The maximum atomic E-state index is 14.1. The summed E-state index contributed by atoms with van der Waals surface area (Å²) in [5.74, 6) is -1.10. The van der Waals surface area contributed by atoms with Gasteiger partial charge in [0.15, 0.2) is 0 Å². The number of benzene rings is 1. The van der Waals surface area contributed by atoms with E-state index in [1.54, 1.807) is 34.1 Å². The summed E-state index contributed by atoms with van der Waals surface area (Å²) >= 11 is 0. The van der Waals surface area contributed by atoms with Crippen molar-refractivity contribution in [1.29, 1.82) is 0 Å². The molecule has 1 unspecified atom stereocenters. The van der Waals surface area contributed by atoms with Crippen LogP contribution in [0.5, 0.6) is 0 Å². The summed E-state index contributed by atoms with van der Waals surface area (Å²) in [6.45, 7) is 4.80. The number of para-hydroxylation sites is 1. The Morgan fingerprint density at radius 1 is 1.24 bits per heavy atom. The number of piperidine rings is 1. The normalized spacial score (nSPS) is 15.7. The third-order valence-electron chi connectivity index (χ3n) is 5.30. The van der Waals surface area contributed by atoms with Crippen molar-refractivity contribution in [1.82, 2.24) is 24.6 Å². The molecule has 10 nitrogen and oxygen atoms in total. The van der Waals surface area contributed by atoms with E-state index in [2.05, 4.69) is 32.3 Å². The highest BCUT2D eigenvalue weighted by molar-refractivity contribution is 5.98. The van der Waals surface area contributed by atoms with Gasteiger partial charge in [0.2, 0.25) is 11.9 Å². The Kier molecular flexibility index (Phi) is 6.29. The van der Waals surface area contributed by atoms with E-state index in [4.69, 9.17) is 5.73 Å². The van der Waals surface area contributed by atoms with Gasteiger partial charge in [-0.25, -0.2) is 9.37 Å². The van der Waals surface area contributed by atoms with Gasteiger partial charge in [-0.15, -0.1) is 0 Å². The van der Waals surface area contributed by atoms with Gasteiger partial charge in [0.1, 0.15) is 17.2 Å². The number of likely N-dealkylation sites (tertiary alicyclic amines) is 1. The number of nitrogens with one attached hydrogen (secondary N) is 2. The number of hydrogen-bond donors (Lipinski definition) is 3. The van der Waals surface area contributed by atoms with E-state index in [0.717, 1.165) is 12.8 Å². The van der Waals surface area contributed by atoms with Gasteiger partial charge in [-0.2, -0.15) is 10.1 Å². The predicted molar refractivity (Wildman–Crippen MR) is 121 cm³/mol. The Hall–Kier alpha value is -4.28. The van der Waals surface area contributed by atoms with Gasteiger partial charge in [-0.3, -0.25) is 14.3 Å². The number of halogens is 1. The van der Waals surface area contributed by atoms with Gasteiger partial charge in [-0.05, 0) is 31.1 Å². The van der Waals surface area contributed by atoms with Crippen molar-refractivity contribution in [2.45, 2.75) is 18.9 Å². The fourth-order valence-corrected chi connectivity index (χ4v) is 3.64. The van der Waals surface area contributed by atoms with E-state index in [0.29, 0.717) is 18.8 Å². The molecule has 1 aromatic carbocycles. The van der Waals surface area contributed by atoms with Crippen LogP contribution in [0, 0.1) is 5.82 Å². The average molecular weight is 450 g/mol. The summed E-state index contributed by atoms with van der Waals surface area (Å²) in [4.78, 5) is 33.9. The van der Waals surface area contributed by atoms with Crippen LogP contribution in [0.1, 0.15) is 29.2 Å². The Morgan fingerprint density at radius 3 is 2.82 bits per heavy atom. The van der Waals surface area contributed by atoms with Gasteiger partial charge in [0.05, 0.1) is 23.6 Å². The summed E-state index contributed by atoms with van der Waals surface area (Å²) in [7, 11) is 0. The zero-order valence-corrected chi connectivity index (χ0v) is 17.7. The monoisotopic (exact) mass is 450 g/mol. The lowest BCUT2D eigenvalue weighted by Crippen LogP contribution is -2.39. The molecule has 4 rings (SSSR count). The number of rotatable bonds is 7. The predicted octanol–water partition coefficient (Wildman–Crippen LogP) is 2.75. The zero-order valence-electron chi connectivity index (χ0n) is 17.7. The lowest BCUT2D eigenvalue weighted by atomic mass is 10.1. The van der Waals surface area contributed by atoms with Crippen LogP contribution >= 0.6 is 0 Å². The first-order valence-electron chi connectivity index (χ1n) is 10.4. The molecule has 0 aliphatic carbocycles. The summed E-state index contributed by atoms with van der Waals surface area (Å²) in [6.07, 6.45) is 7.76. The van der Waals surface area contributed by atoms with Crippen molar-refractivity contribution in [3.8, 4) is 0 Å². The highest BCUT2D eigenvalue weighted by Gasteiger charge is 2.24. The zero-order chi connectivity index (χ0) is 23.4. The summed E-state index contributed by atoms with van der Waals surface area (Å²) in [5.41, 5.74) is 6.20. The molecule has 1 atom stereocenters. The third-order valence-corrected chi connectivity index (χ3v) is 5.30. The van der Waals surface area contributed by atoms with Crippen LogP contribution in [-0.4, -0.2) is 49.6 Å². The van der Waals surface area contributed by atoms with Crippen molar-refractivity contribution < 1.29 is 14.0 Å². The maximum Gasteiger partial charge on any atom is 0.254 e. The van der Waals surface area contributed by atoms with Gasteiger partial charge >= 0.3 is 0 Å². The summed E-state index contributed by atoms with van der Waals surface area (Å²) in [6, 6.07) is 6.05. The van der Waals surface area contributed by atoms with Crippen LogP contribution in [-0.2, 0) is 4.79 Å². The van der Waals surface area contributed by atoms with Crippen LogP contribution in [0.4, 0.5) is 27.5 Å². The van der Waals surface area contributed by atoms with Crippen molar-refractivity contribution >= 4 is 35.0 Å². The van der Waals surface area contributed by atoms with Gasteiger partial charge < -0.3 is 21.3 Å². The van der Waals surface area contributed by atoms with Gasteiger partial charge in [0.25, 0.3) is 5.91 Å². The van der Waals surface area contributed by atoms with Crippen LogP contribution in [0.3, 0.4) is 0 Å². The Labute approximate surface area is 189 Å². The lowest BCUT2D eigenvalue weighted by Gasteiger charge is -2.32. The smallest absolute Gasteiger partial charge is 0.254 e. The molecule has 0 bridgehead atoms. The second-order valence-electron chi connectivity index (χ2n) is 7.54. The number of nitrogens with two attached hydrogens (primary N) is 1. The molecule has 2 aromatic heterocycles. The lowest BCUT2D eigenvalue weighted by molar-refractivity contribution is -0.127. The molecule has 1 saturated heterocycles. The minimum Gasteiger partial charge on any atom is -0.365 e. The number of amides is 2. The molecule has 2 amide bonds. The quantitative estimate of drug-likeness (QED) is 0.472. The number of anilines is 4. The highest BCUT2D eigenvalue weighted by atomic mass is 19.1. The standard InChI is InChI=1S/C22H23FN8O2/c1-2-19(32)30-9-5-6-15(13-30)31-12-14(10-26-31)27-22-25-11-16(20(24)33)21(29-22)28-18-8-4-3-7-17(18)23/h2-4,7-8,10-12,15H,1,5-6,9,13H2,(H2,24,33)(H2,25,27,28,29). The molecule has 1 fully saturated rings. The maximum absolute atomic E-state index is 14.1. The molecular formula is C22H23FN8O2. The van der Waals surface area contributed by atoms with E-state index in [1.165, 1.54) is 24.4 Å². The van der Waals surface area contributed by atoms with Crippen LogP contribution < -0.4 is 16.4 Å². The minimum atomic E-state index is -0.746. The Balaban J connectivity index is 1.52. The molecule has 0 spiro atoms. The molecule has 0 saturated carbocycles. The first-order chi connectivity index (χ1) is 15.9. The SMILES string of the molecule is C=CC(=O)N1CCCC(n2cc(Nc3ncc(C(N)=O)c(Nc4ccccc4F)n3)cn2)C1. The first-order valence-corrected chi connectivity index (χ1v) is 10.4. The number of aromatic nitrogens is 4. The molecule has 4 N–H and O–H groups in total. The fraction of sp³-hybridized carbons (Fsp3) is 0.227. The molecule has 3 aromatic rings.